The van der Waals surface area contributed by atoms with Crippen molar-refractivity contribution in [2.24, 2.45) is 5.92 Å². The SMILES string of the molecule is CNC(CC(C)C)C1CN(C(C)C)CCO1. The van der Waals surface area contributed by atoms with Crippen LogP contribution in [0.2, 0.25) is 0 Å². The first-order valence-corrected chi connectivity index (χ1v) is 6.57. The van der Waals surface area contributed by atoms with Crippen molar-refractivity contribution in [3.8, 4) is 0 Å². The highest BCUT2D eigenvalue weighted by atomic mass is 16.5. The standard InChI is InChI=1S/C13H28N2O/c1-10(2)8-12(14-5)13-9-15(11(3)4)6-7-16-13/h10-14H,6-9H2,1-5H3. The van der Waals surface area contributed by atoms with Gasteiger partial charge in [0.1, 0.15) is 0 Å². The maximum absolute atomic E-state index is 5.91. The Morgan fingerprint density at radius 3 is 2.50 bits per heavy atom. The first-order chi connectivity index (χ1) is 7.54. The first-order valence-electron chi connectivity index (χ1n) is 6.57. The van der Waals surface area contributed by atoms with Crippen molar-refractivity contribution in [2.45, 2.75) is 52.3 Å². The van der Waals surface area contributed by atoms with E-state index in [0.29, 0.717) is 18.2 Å². The second-order valence-corrected chi connectivity index (χ2v) is 5.52. The van der Waals surface area contributed by atoms with Gasteiger partial charge in [0.05, 0.1) is 12.7 Å². The average Bonchev–Trinajstić information content (AvgIpc) is 2.25. The Hall–Kier alpha value is -0.120. The van der Waals surface area contributed by atoms with E-state index in [0.717, 1.165) is 25.6 Å². The van der Waals surface area contributed by atoms with Crippen LogP contribution in [0, 0.1) is 5.92 Å². The summed E-state index contributed by atoms with van der Waals surface area (Å²) < 4.78 is 5.91. The van der Waals surface area contributed by atoms with Crippen LogP contribution in [0.3, 0.4) is 0 Å². The minimum atomic E-state index is 0.351. The van der Waals surface area contributed by atoms with Crippen molar-refractivity contribution in [1.29, 1.82) is 0 Å². The third-order valence-electron chi connectivity index (χ3n) is 3.40. The van der Waals surface area contributed by atoms with Crippen LogP contribution in [-0.4, -0.2) is 49.8 Å². The summed E-state index contributed by atoms with van der Waals surface area (Å²) in [5.74, 6) is 0.718. The molecule has 3 nitrogen and oxygen atoms in total. The summed E-state index contributed by atoms with van der Waals surface area (Å²) in [6.45, 7) is 12.1. The molecule has 1 rings (SSSR count). The molecular weight excluding hydrogens is 200 g/mol. The quantitative estimate of drug-likeness (QED) is 0.775. The van der Waals surface area contributed by atoms with Crippen LogP contribution in [0.5, 0.6) is 0 Å². The van der Waals surface area contributed by atoms with Crippen LogP contribution in [0.4, 0.5) is 0 Å². The molecule has 1 fully saturated rings. The molecule has 1 heterocycles. The maximum Gasteiger partial charge on any atom is 0.0855 e. The van der Waals surface area contributed by atoms with E-state index in [4.69, 9.17) is 4.74 Å². The molecule has 0 bridgehead atoms. The molecule has 0 saturated carbocycles. The second-order valence-electron chi connectivity index (χ2n) is 5.52. The Morgan fingerprint density at radius 1 is 1.31 bits per heavy atom. The molecule has 3 heteroatoms. The van der Waals surface area contributed by atoms with Gasteiger partial charge in [0.2, 0.25) is 0 Å². The summed E-state index contributed by atoms with van der Waals surface area (Å²) >= 11 is 0. The van der Waals surface area contributed by atoms with Gasteiger partial charge in [-0.05, 0) is 33.2 Å². The van der Waals surface area contributed by atoms with Gasteiger partial charge in [-0.15, -0.1) is 0 Å². The second kappa shape index (κ2) is 6.58. The molecular formula is C13H28N2O. The number of nitrogens with one attached hydrogen (secondary N) is 1. The number of hydrogen-bond donors (Lipinski definition) is 1. The lowest BCUT2D eigenvalue weighted by atomic mass is 9.98. The van der Waals surface area contributed by atoms with Gasteiger partial charge in [-0.1, -0.05) is 13.8 Å². The van der Waals surface area contributed by atoms with Crippen molar-refractivity contribution in [2.75, 3.05) is 26.7 Å². The maximum atomic E-state index is 5.91. The van der Waals surface area contributed by atoms with Gasteiger partial charge in [-0.2, -0.15) is 0 Å². The highest BCUT2D eigenvalue weighted by molar-refractivity contribution is 4.83. The lowest BCUT2D eigenvalue weighted by Gasteiger charge is -2.39. The summed E-state index contributed by atoms with van der Waals surface area (Å²) in [5.41, 5.74) is 0. The Balaban J connectivity index is 2.50. The van der Waals surface area contributed by atoms with Crippen LogP contribution in [0.25, 0.3) is 0 Å². The fourth-order valence-corrected chi connectivity index (χ4v) is 2.37. The van der Waals surface area contributed by atoms with Crippen LogP contribution < -0.4 is 5.32 Å². The summed E-state index contributed by atoms with van der Waals surface area (Å²) in [6.07, 6.45) is 1.54. The largest absolute Gasteiger partial charge is 0.374 e. The molecule has 0 amide bonds. The smallest absolute Gasteiger partial charge is 0.0855 e. The summed E-state index contributed by atoms with van der Waals surface area (Å²) in [7, 11) is 2.05. The van der Waals surface area contributed by atoms with Crippen molar-refractivity contribution in [3.05, 3.63) is 0 Å². The Labute approximate surface area is 101 Å². The highest BCUT2D eigenvalue weighted by Crippen LogP contribution is 2.16. The first kappa shape index (κ1) is 13.9. The number of hydrogen-bond acceptors (Lipinski definition) is 3. The van der Waals surface area contributed by atoms with E-state index in [2.05, 4.69) is 37.9 Å². The van der Waals surface area contributed by atoms with E-state index in [1.54, 1.807) is 0 Å². The lowest BCUT2D eigenvalue weighted by molar-refractivity contribution is -0.0570. The molecule has 0 aliphatic carbocycles. The van der Waals surface area contributed by atoms with E-state index >= 15 is 0 Å². The molecule has 0 radical (unpaired) electrons. The number of likely N-dealkylation sites (N-methyl/N-ethyl adjacent to an activating group) is 1. The minimum Gasteiger partial charge on any atom is -0.374 e. The molecule has 0 spiro atoms. The number of nitrogens with zero attached hydrogens (tertiary/aromatic N) is 1. The molecule has 1 aliphatic heterocycles. The van der Waals surface area contributed by atoms with Gasteiger partial charge < -0.3 is 10.1 Å². The van der Waals surface area contributed by atoms with Crippen molar-refractivity contribution >= 4 is 0 Å². The molecule has 2 atom stereocenters. The molecule has 16 heavy (non-hydrogen) atoms. The van der Waals surface area contributed by atoms with Gasteiger partial charge in [0.25, 0.3) is 0 Å². The Bertz CT molecular complexity index is 194. The van der Waals surface area contributed by atoms with Crippen molar-refractivity contribution in [1.82, 2.24) is 10.2 Å². The monoisotopic (exact) mass is 228 g/mol. The van der Waals surface area contributed by atoms with Crippen LogP contribution in [-0.2, 0) is 4.74 Å². The third kappa shape index (κ3) is 4.04. The molecule has 0 aromatic rings. The molecule has 1 saturated heterocycles. The average molecular weight is 228 g/mol. The van der Waals surface area contributed by atoms with E-state index in [1.807, 2.05) is 7.05 Å². The number of morpholine rings is 1. The third-order valence-corrected chi connectivity index (χ3v) is 3.40. The lowest BCUT2D eigenvalue weighted by Crippen LogP contribution is -2.53. The Morgan fingerprint density at radius 2 is 2.00 bits per heavy atom. The van der Waals surface area contributed by atoms with E-state index in [9.17, 15) is 0 Å². The van der Waals surface area contributed by atoms with Crippen molar-refractivity contribution < 1.29 is 4.74 Å². The Kier molecular flexibility index (Phi) is 5.73. The zero-order valence-electron chi connectivity index (χ0n) is 11.5. The molecule has 96 valence electrons. The van der Waals surface area contributed by atoms with Crippen molar-refractivity contribution in [3.63, 3.8) is 0 Å². The van der Waals surface area contributed by atoms with Gasteiger partial charge in [0.15, 0.2) is 0 Å². The van der Waals surface area contributed by atoms with E-state index in [-0.39, 0.29) is 0 Å². The van der Waals surface area contributed by atoms with Gasteiger partial charge >= 0.3 is 0 Å². The van der Waals surface area contributed by atoms with Gasteiger partial charge in [-0.25, -0.2) is 0 Å². The molecule has 1 aliphatic rings. The predicted octanol–water partition coefficient (Wildman–Crippen LogP) is 1.73. The zero-order valence-corrected chi connectivity index (χ0v) is 11.5. The van der Waals surface area contributed by atoms with Gasteiger partial charge in [-0.3, -0.25) is 4.90 Å². The molecule has 2 unspecified atom stereocenters. The number of rotatable bonds is 5. The molecule has 0 aromatic heterocycles. The highest BCUT2D eigenvalue weighted by Gasteiger charge is 2.28. The topological polar surface area (TPSA) is 24.5 Å². The summed E-state index contributed by atoms with van der Waals surface area (Å²) in [4.78, 5) is 2.51. The summed E-state index contributed by atoms with van der Waals surface area (Å²) in [6, 6.07) is 1.12. The number of ether oxygens (including phenoxy) is 1. The predicted molar refractivity (Wildman–Crippen MR) is 68.8 cm³/mol. The van der Waals surface area contributed by atoms with Crippen LogP contribution >= 0.6 is 0 Å². The van der Waals surface area contributed by atoms with E-state index in [1.165, 1.54) is 6.42 Å². The van der Waals surface area contributed by atoms with Crippen LogP contribution in [0.1, 0.15) is 34.1 Å². The van der Waals surface area contributed by atoms with Gasteiger partial charge in [0, 0.05) is 25.2 Å². The minimum absolute atomic E-state index is 0.351. The fourth-order valence-electron chi connectivity index (χ4n) is 2.37. The fraction of sp³-hybridized carbons (Fsp3) is 1.00. The summed E-state index contributed by atoms with van der Waals surface area (Å²) in [5, 5.41) is 3.41. The molecule has 1 N–H and O–H groups in total. The normalized spacial score (nSPS) is 25.3. The molecule has 0 aromatic carbocycles. The van der Waals surface area contributed by atoms with Crippen LogP contribution in [0.15, 0.2) is 0 Å². The zero-order chi connectivity index (χ0) is 12.1. The van der Waals surface area contributed by atoms with E-state index < -0.39 is 0 Å².